The van der Waals surface area contributed by atoms with Crippen LogP contribution in [0.4, 0.5) is 0 Å². The molecular formula is C17H28O2. The molecule has 0 aromatic heterocycles. The van der Waals surface area contributed by atoms with E-state index in [2.05, 4.69) is 27.7 Å². The van der Waals surface area contributed by atoms with Crippen molar-refractivity contribution >= 4 is 0 Å². The summed E-state index contributed by atoms with van der Waals surface area (Å²) in [4.78, 5) is 0. The first-order chi connectivity index (χ1) is 9.02. The highest BCUT2D eigenvalue weighted by atomic mass is 16.5. The number of hydrogen-bond donors (Lipinski definition) is 1. The van der Waals surface area contributed by atoms with Crippen LogP contribution in [-0.2, 0) is 4.74 Å². The Morgan fingerprint density at radius 1 is 1.05 bits per heavy atom. The van der Waals surface area contributed by atoms with Gasteiger partial charge in [-0.05, 0) is 30.2 Å². The Morgan fingerprint density at radius 2 is 1.68 bits per heavy atom. The Balaban J connectivity index is 2.52. The molecule has 1 aromatic rings. The van der Waals surface area contributed by atoms with Crippen LogP contribution in [0.1, 0.15) is 52.2 Å². The second-order valence-electron chi connectivity index (χ2n) is 5.97. The molecule has 2 atom stereocenters. The second-order valence-corrected chi connectivity index (χ2v) is 5.97. The predicted molar refractivity (Wildman–Crippen MR) is 80.1 cm³/mol. The lowest BCUT2D eigenvalue weighted by Gasteiger charge is -2.27. The summed E-state index contributed by atoms with van der Waals surface area (Å²) in [7, 11) is 0. The van der Waals surface area contributed by atoms with Crippen LogP contribution in [0.25, 0.3) is 0 Å². The zero-order chi connectivity index (χ0) is 14.3. The van der Waals surface area contributed by atoms with Crippen LogP contribution in [0.2, 0.25) is 0 Å². The summed E-state index contributed by atoms with van der Waals surface area (Å²) < 4.78 is 5.92. The number of hydrogen-bond acceptors (Lipinski definition) is 2. The van der Waals surface area contributed by atoms with Gasteiger partial charge in [0.2, 0.25) is 0 Å². The van der Waals surface area contributed by atoms with Gasteiger partial charge in [0.25, 0.3) is 0 Å². The summed E-state index contributed by atoms with van der Waals surface area (Å²) in [5.74, 6) is 1.01. The number of ether oxygens (including phenoxy) is 1. The zero-order valence-electron chi connectivity index (χ0n) is 12.7. The predicted octanol–water partition coefficient (Wildman–Crippen LogP) is 4.20. The molecule has 2 unspecified atom stereocenters. The number of aliphatic hydroxyl groups is 1. The Labute approximate surface area is 117 Å². The van der Waals surface area contributed by atoms with E-state index < -0.39 is 6.10 Å². The van der Waals surface area contributed by atoms with Crippen molar-refractivity contribution in [1.29, 1.82) is 0 Å². The van der Waals surface area contributed by atoms with Crippen molar-refractivity contribution in [2.24, 2.45) is 11.8 Å². The van der Waals surface area contributed by atoms with E-state index in [0.29, 0.717) is 11.8 Å². The van der Waals surface area contributed by atoms with E-state index in [4.69, 9.17) is 4.74 Å². The van der Waals surface area contributed by atoms with Crippen molar-refractivity contribution in [2.45, 2.75) is 52.7 Å². The first kappa shape index (κ1) is 16.2. The van der Waals surface area contributed by atoms with E-state index in [9.17, 15) is 5.11 Å². The van der Waals surface area contributed by atoms with Gasteiger partial charge in [-0.1, -0.05) is 58.0 Å². The lowest BCUT2D eigenvalue weighted by Crippen LogP contribution is -2.28. The largest absolute Gasteiger partial charge is 0.386 e. The number of aliphatic hydroxyl groups excluding tert-OH is 1. The standard InChI is InChI=1S/C17H28O2/c1-13(2)9-8-12-19-17(14(3)4)16(18)15-10-6-5-7-11-15/h5-7,10-11,13-14,16-18H,8-9,12H2,1-4H3. The molecule has 0 saturated heterocycles. The minimum absolute atomic E-state index is 0.130. The molecule has 0 heterocycles. The quantitative estimate of drug-likeness (QED) is 0.713. The average molecular weight is 264 g/mol. The summed E-state index contributed by atoms with van der Waals surface area (Å²) in [5.41, 5.74) is 0.935. The molecule has 0 aliphatic heterocycles. The van der Waals surface area contributed by atoms with E-state index in [0.717, 1.165) is 18.6 Å². The van der Waals surface area contributed by atoms with Gasteiger partial charge in [-0.15, -0.1) is 0 Å². The highest BCUT2D eigenvalue weighted by molar-refractivity contribution is 5.18. The van der Waals surface area contributed by atoms with Crippen LogP contribution in [-0.4, -0.2) is 17.8 Å². The molecule has 0 aliphatic carbocycles. The topological polar surface area (TPSA) is 29.5 Å². The molecule has 2 heteroatoms. The molecule has 108 valence electrons. The summed E-state index contributed by atoms with van der Waals surface area (Å²) in [6.45, 7) is 9.36. The van der Waals surface area contributed by atoms with Gasteiger partial charge in [-0.25, -0.2) is 0 Å². The summed E-state index contributed by atoms with van der Waals surface area (Å²) in [6.07, 6.45) is 1.56. The van der Waals surface area contributed by atoms with Crippen molar-refractivity contribution in [3.63, 3.8) is 0 Å². The van der Waals surface area contributed by atoms with Gasteiger partial charge in [0, 0.05) is 6.61 Å². The van der Waals surface area contributed by atoms with Gasteiger partial charge in [0.05, 0.1) is 6.10 Å². The van der Waals surface area contributed by atoms with Crippen LogP contribution >= 0.6 is 0 Å². The van der Waals surface area contributed by atoms with E-state index >= 15 is 0 Å². The van der Waals surface area contributed by atoms with Crippen molar-refractivity contribution in [3.8, 4) is 0 Å². The molecule has 0 spiro atoms. The minimum atomic E-state index is -0.541. The maximum Gasteiger partial charge on any atom is 0.105 e. The fourth-order valence-electron chi connectivity index (χ4n) is 2.20. The third-order valence-corrected chi connectivity index (χ3v) is 3.35. The molecule has 0 radical (unpaired) electrons. The van der Waals surface area contributed by atoms with E-state index in [-0.39, 0.29) is 6.10 Å². The first-order valence-corrected chi connectivity index (χ1v) is 7.37. The van der Waals surface area contributed by atoms with E-state index in [1.54, 1.807) is 0 Å². The van der Waals surface area contributed by atoms with Gasteiger partial charge in [0.15, 0.2) is 0 Å². The van der Waals surface area contributed by atoms with Crippen LogP contribution in [0.15, 0.2) is 30.3 Å². The monoisotopic (exact) mass is 264 g/mol. The maximum atomic E-state index is 10.4. The molecule has 1 rings (SSSR count). The number of benzene rings is 1. The van der Waals surface area contributed by atoms with Crippen molar-refractivity contribution in [1.82, 2.24) is 0 Å². The van der Waals surface area contributed by atoms with Crippen molar-refractivity contribution in [3.05, 3.63) is 35.9 Å². The van der Waals surface area contributed by atoms with Gasteiger partial charge in [0.1, 0.15) is 6.10 Å². The van der Waals surface area contributed by atoms with Gasteiger partial charge in [-0.3, -0.25) is 0 Å². The highest BCUT2D eigenvalue weighted by Crippen LogP contribution is 2.24. The van der Waals surface area contributed by atoms with Gasteiger partial charge < -0.3 is 9.84 Å². The Bertz CT molecular complexity index is 332. The molecule has 19 heavy (non-hydrogen) atoms. The summed E-state index contributed by atoms with van der Waals surface area (Å²) in [5, 5.41) is 10.4. The lowest BCUT2D eigenvalue weighted by molar-refractivity contribution is -0.0644. The molecular weight excluding hydrogens is 236 g/mol. The highest BCUT2D eigenvalue weighted by Gasteiger charge is 2.24. The Morgan fingerprint density at radius 3 is 2.21 bits per heavy atom. The third kappa shape index (κ3) is 5.75. The van der Waals surface area contributed by atoms with E-state index in [1.807, 2.05) is 30.3 Å². The molecule has 0 amide bonds. The normalized spacial score (nSPS) is 14.9. The van der Waals surface area contributed by atoms with Crippen molar-refractivity contribution in [2.75, 3.05) is 6.61 Å². The maximum absolute atomic E-state index is 10.4. The molecule has 0 fully saturated rings. The van der Waals surface area contributed by atoms with E-state index in [1.165, 1.54) is 6.42 Å². The molecule has 0 aliphatic rings. The molecule has 0 saturated carbocycles. The fraction of sp³-hybridized carbons (Fsp3) is 0.647. The molecule has 1 aromatic carbocycles. The fourth-order valence-corrected chi connectivity index (χ4v) is 2.20. The minimum Gasteiger partial charge on any atom is -0.386 e. The zero-order valence-corrected chi connectivity index (χ0v) is 12.7. The summed E-state index contributed by atoms with van der Waals surface area (Å²) >= 11 is 0. The number of rotatable bonds is 8. The SMILES string of the molecule is CC(C)CCCOC(C(C)C)C(O)c1ccccc1. The van der Waals surface area contributed by atoms with Crippen LogP contribution in [0, 0.1) is 11.8 Å². The summed E-state index contributed by atoms with van der Waals surface area (Å²) in [6, 6.07) is 9.78. The molecule has 1 N–H and O–H groups in total. The second kappa shape index (κ2) is 8.34. The Hall–Kier alpha value is -0.860. The van der Waals surface area contributed by atoms with Crippen LogP contribution in [0.3, 0.4) is 0 Å². The van der Waals surface area contributed by atoms with Crippen LogP contribution < -0.4 is 0 Å². The first-order valence-electron chi connectivity index (χ1n) is 7.37. The van der Waals surface area contributed by atoms with Gasteiger partial charge in [-0.2, -0.15) is 0 Å². The molecule has 2 nitrogen and oxygen atoms in total. The van der Waals surface area contributed by atoms with Crippen LogP contribution in [0.5, 0.6) is 0 Å². The van der Waals surface area contributed by atoms with Crippen molar-refractivity contribution < 1.29 is 9.84 Å². The third-order valence-electron chi connectivity index (χ3n) is 3.35. The van der Waals surface area contributed by atoms with Gasteiger partial charge >= 0.3 is 0 Å². The lowest BCUT2D eigenvalue weighted by atomic mass is 9.96. The smallest absolute Gasteiger partial charge is 0.105 e. The molecule has 0 bridgehead atoms. The average Bonchev–Trinajstić information content (AvgIpc) is 2.38. The Kier molecular flexibility index (Phi) is 7.11.